The fraction of sp³-hybridized carbons (Fsp3) is 0.875. The van der Waals surface area contributed by atoms with Gasteiger partial charge in [-0.15, -0.1) is 0 Å². The average molecular weight is 203 g/mol. The number of aliphatic hydroxyl groups is 3. The van der Waals surface area contributed by atoms with E-state index in [9.17, 15) is 20.1 Å². The molecule has 1 heterocycles. The predicted molar refractivity (Wildman–Crippen MR) is 40.3 cm³/mol. The molecule has 0 amide bonds. The van der Waals surface area contributed by atoms with E-state index in [1.165, 1.54) is 13.8 Å². The van der Waals surface area contributed by atoms with Crippen LogP contribution in [0.1, 0.15) is 13.8 Å². The van der Waals surface area contributed by atoms with Crippen LogP contribution in [0.3, 0.4) is 0 Å². The van der Waals surface area contributed by atoms with Crippen molar-refractivity contribution in [2.24, 2.45) is 5.41 Å². The summed E-state index contributed by atoms with van der Waals surface area (Å²) in [5.41, 5.74) is -5.19. The van der Waals surface area contributed by atoms with Gasteiger partial charge in [0, 0.05) is 5.41 Å². The van der Waals surface area contributed by atoms with Gasteiger partial charge in [0.25, 0.3) is 0 Å². The number of hydrogen-bond donors (Lipinski definition) is 3. The molecule has 1 saturated heterocycles. The van der Waals surface area contributed by atoms with Gasteiger partial charge in [-0.3, -0.25) is 0 Å². The molecule has 4 atom stereocenters. The number of aliphatic hydroxyl groups excluding tert-OH is 1. The first-order valence-corrected chi connectivity index (χ1v) is 4.21. The van der Waals surface area contributed by atoms with Crippen molar-refractivity contribution >= 4 is 5.97 Å². The number of fused-ring (bicyclic) bond motifs is 1. The lowest BCUT2D eigenvalue weighted by molar-refractivity contribution is -0.207. The third-order valence-electron chi connectivity index (χ3n) is 3.55. The van der Waals surface area contributed by atoms with E-state index in [0.29, 0.717) is 0 Å². The van der Waals surface area contributed by atoms with Crippen LogP contribution in [-0.2, 0) is 14.6 Å². The van der Waals surface area contributed by atoms with E-state index in [1.807, 2.05) is 0 Å². The van der Waals surface area contributed by atoms with Crippen LogP contribution in [0.15, 0.2) is 0 Å². The van der Waals surface area contributed by atoms with Crippen molar-refractivity contribution in [2.45, 2.75) is 37.4 Å². The number of hydrogen-bond acceptors (Lipinski definition) is 5. The molecule has 3 N–H and O–H groups in total. The maximum atomic E-state index is 11.2. The fourth-order valence-corrected chi connectivity index (χ4v) is 2.39. The van der Waals surface area contributed by atoms with Crippen molar-refractivity contribution < 1.29 is 30.0 Å². The van der Waals surface area contributed by atoms with Crippen LogP contribution >= 0.6 is 0 Å². The van der Waals surface area contributed by atoms with Crippen molar-refractivity contribution in [2.75, 3.05) is 0 Å². The summed E-state index contributed by atoms with van der Waals surface area (Å²) in [5, 5.41) is 39.2. The van der Waals surface area contributed by atoms with Crippen molar-refractivity contribution in [3.8, 4) is 0 Å². The Balaban J connectivity index is 2.45. The molecule has 0 aromatic heterocycles. The summed E-state index contributed by atoms with van der Waals surface area (Å²) in [6.45, 7) is 2.87. The summed E-state index contributed by atoms with van der Waals surface area (Å²) in [6.07, 6.45) is -3.85. The molecule has 2 fully saturated rings. The zero-order valence-corrected chi connectivity index (χ0v) is 7.72. The van der Waals surface area contributed by atoms with Crippen molar-refractivity contribution in [1.82, 2.24) is 0 Å². The largest absolute Gasteiger partial charge is 0.451 e. The number of carbonyl (C=O) groups is 1. The van der Waals surface area contributed by atoms with Crippen LogP contribution < -0.4 is 0 Å². The molecule has 1 radical (unpaired) electrons. The minimum absolute atomic E-state index is 1.05. The summed E-state index contributed by atoms with van der Waals surface area (Å²) in [6, 6.07) is 0. The molecule has 0 aromatic carbocycles. The highest BCUT2D eigenvalue weighted by Crippen LogP contribution is 2.71. The second-order valence-electron chi connectivity index (χ2n) is 4.32. The molecule has 6 nitrogen and oxygen atoms in total. The standard InChI is InChI=1S/C8H11O6/c1-6(2)7(12)3(4(9)10)14-5(11)8(6,7)13/h3-4,9,12-13H,1-2H3/t3-,4?,7+,8-/m1/s1. The van der Waals surface area contributed by atoms with Gasteiger partial charge in [-0.25, -0.2) is 4.79 Å². The van der Waals surface area contributed by atoms with E-state index in [0.717, 1.165) is 0 Å². The van der Waals surface area contributed by atoms with Crippen molar-refractivity contribution in [1.29, 1.82) is 0 Å². The van der Waals surface area contributed by atoms with Gasteiger partial charge >= 0.3 is 5.97 Å². The minimum atomic E-state index is -2.25. The van der Waals surface area contributed by atoms with Crippen LogP contribution in [0, 0.1) is 5.41 Å². The predicted octanol–water partition coefficient (Wildman–Crippen LogP) is -1.84. The monoisotopic (exact) mass is 203 g/mol. The lowest BCUT2D eigenvalue weighted by Gasteiger charge is -2.22. The molecule has 14 heavy (non-hydrogen) atoms. The first-order chi connectivity index (χ1) is 6.21. The first kappa shape index (κ1) is 9.85. The Bertz CT molecular complexity index is 311. The molecule has 79 valence electrons. The zero-order valence-electron chi connectivity index (χ0n) is 7.72. The van der Waals surface area contributed by atoms with Gasteiger partial charge in [0.2, 0.25) is 11.9 Å². The Labute approximate surface area is 79.7 Å². The Hall–Kier alpha value is -0.690. The van der Waals surface area contributed by atoms with Crippen LogP contribution in [-0.4, -0.2) is 44.9 Å². The van der Waals surface area contributed by atoms with E-state index in [2.05, 4.69) is 4.74 Å². The Morgan fingerprint density at radius 2 is 1.93 bits per heavy atom. The number of esters is 1. The summed E-state index contributed by atoms with van der Waals surface area (Å²) < 4.78 is 4.42. The van der Waals surface area contributed by atoms with Gasteiger partial charge in [-0.1, -0.05) is 13.8 Å². The third kappa shape index (κ3) is 0.612. The highest BCUT2D eigenvalue weighted by Gasteiger charge is 2.95. The van der Waals surface area contributed by atoms with Gasteiger partial charge in [0.1, 0.15) is 0 Å². The Kier molecular flexibility index (Phi) is 1.49. The number of cyclic esters (lactones) is 1. The molecule has 0 bridgehead atoms. The second kappa shape index (κ2) is 2.11. The molecule has 1 saturated carbocycles. The lowest BCUT2D eigenvalue weighted by Crippen LogP contribution is -2.41. The van der Waals surface area contributed by atoms with Gasteiger partial charge in [-0.05, 0) is 0 Å². The van der Waals surface area contributed by atoms with Gasteiger partial charge in [-0.2, -0.15) is 5.11 Å². The van der Waals surface area contributed by atoms with Crippen LogP contribution in [0.25, 0.3) is 0 Å². The highest BCUT2D eigenvalue weighted by atomic mass is 16.6. The lowest BCUT2D eigenvalue weighted by atomic mass is 10.0. The topological polar surface area (TPSA) is 107 Å². The van der Waals surface area contributed by atoms with Gasteiger partial charge in [0.15, 0.2) is 11.7 Å². The normalized spacial score (nSPS) is 49.1. The van der Waals surface area contributed by atoms with E-state index in [-0.39, 0.29) is 0 Å². The Morgan fingerprint density at radius 1 is 1.43 bits per heavy atom. The minimum Gasteiger partial charge on any atom is -0.451 e. The highest BCUT2D eigenvalue weighted by molar-refractivity contribution is 5.92. The summed E-state index contributed by atoms with van der Waals surface area (Å²) in [5.74, 6) is -1.05. The van der Waals surface area contributed by atoms with E-state index in [1.54, 1.807) is 0 Å². The third-order valence-corrected chi connectivity index (χ3v) is 3.55. The summed E-state index contributed by atoms with van der Waals surface area (Å²) in [4.78, 5) is 11.2. The average Bonchev–Trinajstić information content (AvgIpc) is 2.34. The number of ether oxygens (including phenoxy) is 1. The number of carbonyl (C=O) groups excluding carboxylic acids is 1. The molecule has 2 aliphatic rings. The molecular weight excluding hydrogens is 192 g/mol. The van der Waals surface area contributed by atoms with Crippen molar-refractivity contribution in [3.63, 3.8) is 0 Å². The van der Waals surface area contributed by atoms with Crippen molar-refractivity contribution in [3.05, 3.63) is 0 Å². The molecule has 2 rings (SSSR count). The summed E-state index contributed by atoms with van der Waals surface area (Å²) >= 11 is 0. The quantitative estimate of drug-likeness (QED) is 0.343. The molecular formula is C8H11O6. The van der Waals surface area contributed by atoms with E-state index < -0.39 is 35.0 Å². The maximum Gasteiger partial charge on any atom is 0.342 e. The van der Waals surface area contributed by atoms with Gasteiger partial charge in [0.05, 0.1) is 0 Å². The maximum absolute atomic E-state index is 11.2. The second-order valence-corrected chi connectivity index (χ2v) is 4.32. The molecule has 0 aromatic rings. The summed E-state index contributed by atoms with van der Waals surface area (Å²) in [7, 11) is 0. The first-order valence-electron chi connectivity index (χ1n) is 4.21. The molecule has 1 aliphatic carbocycles. The zero-order chi connectivity index (χ0) is 10.9. The smallest absolute Gasteiger partial charge is 0.342 e. The molecule has 0 spiro atoms. The van der Waals surface area contributed by atoms with Crippen LogP contribution in [0.5, 0.6) is 0 Å². The van der Waals surface area contributed by atoms with E-state index >= 15 is 0 Å². The van der Waals surface area contributed by atoms with Crippen LogP contribution in [0.2, 0.25) is 0 Å². The Morgan fingerprint density at radius 3 is 2.14 bits per heavy atom. The SMILES string of the molecule is CC1(C)[C@]2(O)C(=O)O[C@H](C([O])O)[C@]12O. The van der Waals surface area contributed by atoms with Gasteiger partial charge < -0.3 is 20.1 Å². The molecule has 1 unspecified atom stereocenters. The number of rotatable bonds is 1. The fourth-order valence-electron chi connectivity index (χ4n) is 2.39. The molecule has 1 aliphatic heterocycles. The molecule has 6 heteroatoms. The van der Waals surface area contributed by atoms with E-state index in [4.69, 9.17) is 5.11 Å². The van der Waals surface area contributed by atoms with Crippen LogP contribution in [0.4, 0.5) is 0 Å².